The number of hydrogen-bond donors (Lipinski definition) is 1. The van der Waals surface area contributed by atoms with Crippen molar-refractivity contribution in [3.63, 3.8) is 0 Å². The molecular formula is C10H16N4S. The predicted octanol–water partition coefficient (Wildman–Crippen LogP) is 1.04. The van der Waals surface area contributed by atoms with E-state index in [0.29, 0.717) is 5.25 Å². The van der Waals surface area contributed by atoms with E-state index in [0.717, 1.165) is 30.4 Å². The highest BCUT2D eigenvalue weighted by molar-refractivity contribution is 8.14. The number of aliphatic imine (C=N–C) groups is 1. The number of thioether (sulfide) groups is 1. The van der Waals surface area contributed by atoms with E-state index in [1.165, 1.54) is 0 Å². The average molecular weight is 224 g/mol. The molecule has 2 rings (SSSR count). The first kappa shape index (κ1) is 10.5. The minimum Gasteiger partial charge on any atom is -0.365 e. The molecule has 1 N–H and O–H groups in total. The molecule has 0 amide bonds. The summed E-state index contributed by atoms with van der Waals surface area (Å²) in [5, 5.41) is 9.36. The van der Waals surface area contributed by atoms with E-state index in [1.807, 2.05) is 35.8 Å². The van der Waals surface area contributed by atoms with Crippen molar-refractivity contribution in [2.75, 3.05) is 13.1 Å². The molecule has 4 nitrogen and oxygen atoms in total. The maximum Gasteiger partial charge on any atom is 0.156 e. The van der Waals surface area contributed by atoms with Crippen LogP contribution < -0.4 is 5.32 Å². The smallest absolute Gasteiger partial charge is 0.156 e. The molecule has 2 heterocycles. The number of amidine groups is 1. The Morgan fingerprint density at radius 1 is 1.67 bits per heavy atom. The van der Waals surface area contributed by atoms with Crippen molar-refractivity contribution in [3.05, 3.63) is 18.0 Å². The Morgan fingerprint density at radius 3 is 3.13 bits per heavy atom. The molecule has 1 aliphatic rings. The summed E-state index contributed by atoms with van der Waals surface area (Å²) in [5.41, 5.74) is 1.13. The largest absolute Gasteiger partial charge is 0.365 e. The van der Waals surface area contributed by atoms with E-state index in [-0.39, 0.29) is 0 Å². The summed E-state index contributed by atoms with van der Waals surface area (Å²) in [6, 6.07) is 2.05. The van der Waals surface area contributed by atoms with Crippen LogP contribution in [0.2, 0.25) is 0 Å². The van der Waals surface area contributed by atoms with Gasteiger partial charge in [0.1, 0.15) is 0 Å². The predicted molar refractivity (Wildman–Crippen MR) is 64.3 cm³/mol. The van der Waals surface area contributed by atoms with Gasteiger partial charge in [0.2, 0.25) is 0 Å². The second kappa shape index (κ2) is 4.70. The van der Waals surface area contributed by atoms with Crippen LogP contribution in [-0.2, 0) is 13.5 Å². The Hall–Kier alpha value is -0.970. The Labute approximate surface area is 94.2 Å². The third kappa shape index (κ3) is 2.99. The van der Waals surface area contributed by atoms with Gasteiger partial charge in [0.15, 0.2) is 5.17 Å². The Balaban J connectivity index is 1.71. The van der Waals surface area contributed by atoms with Crippen LogP contribution in [0.15, 0.2) is 17.3 Å². The topological polar surface area (TPSA) is 42.2 Å². The van der Waals surface area contributed by atoms with Crippen molar-refractivity contribution >= 4 is 16.9 Å². The van der Waals surface area contributed by atoms with Crippen LogP contribution in [0.1, 0.15) is 12.6 Å². The Kier molecular flexibility index (Phi) is 3.30. The fourth-order valence-electron chi connectivity index (χ4n) is 1.47. The SMILES string of the molecule is CC1CN=C(NCCc2ccn(C)n2)S1. The van der Waals surface area contributed by atoms with Crippen molar-refractivity contribution in [2.45, 2.75) is 18.6 Å². The van der Waals surface area contributed by atoms with Gasteiger partial charge < -0.3 is 5.32 Å². The summed E-state index contributed by atoms with van der Waals surface area (Å²) in [5.74, 6) is 0. The highest BCUT2D eigenvalue weighted by Gasteiger charge is 2.13. The van der Waals surface area contributed by atoms with Crippen LogP contribution in [0, 0.1) is 0 Å². The molecule has 0 saturated carbocycles. The minimum absolute atomic E-state index is 0.627. The highest BCUT2D eigenvalue weighted by atomic mass is 32.2. The van der Waals surface area contributed by atoms with Crippen LogP contribution in [0.25, 0.3) is 0 Å². The lowest BCUT2D eigenvalue weighted by molar-refractivity contribution is 0.731. The molecule has 0 saturated heterocycles. The lowest BCUT2D eigenvalue weighted by atomic mass is 10.3. The standard InChI is InChI=1S/C10H16N4S/c1-8-7-12-10(15-8)11-5-3-9-4-6-14(2)13-9/h4,6,8H,3,5,7H2,1-2H3,(H,11,12). The second-order valence-corrected chi connectivity index (χ2v) is 5.16. The van der Waals surface area contributed by atoms with Crippen LogP contribution >= 0.6 is 11.8 Å². The van der Waals surface area contributed by atoms with Gasteiger partial charge in [-0.3, -0.25) is 9.67 Å². The van der Waals surface area contributed by atoms with Gasteiger partial charge in [0.05, 0.1) is 12.2 Å². The van der Waals surface area contributed by atoms with Crippen molar-refractivity contribution < 1.29 is 0 Å². The minimum atomic E-state index is 0.627. The van der Waals surface area contributed by atoms with Gasteiger partial charge in [-0.1, -0.05) is 18.7 Å². The van der Waals surface area contributed by atoms with E-state index in [2.05, 4.69) is 22.3 Å². The number of rotatable bonds is 3. The number of aromatic nitrogens is 2. The quantitative estimate of drug-likeness (QED) is 0.834. The van der Waals surface area contributed by atoms with Gasteiger partial charge in [0, 0.05) is 31.5 Å². The monoisotopic (exact) mass is 224 g/mol. The molecule has 1 atom stereocenters. The van der Waals surface area contributed by atoms with Crippen molar-refractivity contribution in [1.29, 1.82) is 0 Å². The first-order valence-electron chi connectivity index (χ1n) is 5.17. The number of aryl methyl sites for hydroxylation is 1. The molecule has 1 aromatic rings. The first-order valence-corrected chi connectivity index (χ1v) is 6.05. The summed E-state index contributed by atoms with van der Waals surface area (Å²) in [6.45, 7) is 4.05. The lowest BCUT2D eigenvalue weighted by Crippen LogP contribution is -2.22. The summed E-state index contributed by atoms with van der Waals surface area (Å²) < 4.78 is 1.83. The van der Waals surface area contributed by atoms with Crippen LogP contribution in [0.3, 0.4) is 0 Å². The van der Waals surface area contributed by atoms with E-state index >= 15 is 0 Å². The second-order valence-electron chi connectivity index (χ2n) is 3.73. The zero-order valence-electron chi connectivity index (χ0n) is 9.10. The van der Waals surface area contributed by atoms with Gasteiger partial charge in [-0.25, -0.2) is 0 Å². The zero-order chi connectivity index (χ0) is 10.7. The molecule has 0 aliphatic carbocycles. The third-order valence-electron chi connectivity index (χ3n) is 2.23. The fourth-order valence-corrected chi connectivity index (χ4v) is 2.33. The molecule has 0 spiro atoms. The van der Waals surface area contributed by atoms with Gasteiger partial charge in [0.25, 0.3) is 0 Å². The maximum absolute atomic E-state index is 4.40. The van der Waals surface area contributed by atoms with Gasteiger partial charge in [-0.05, 0) is 6.07 Å². The molecule has 5 heteroatoms. The summed E-state index contributed by atoms with van der Waals surface area (Å²) in [4.78, 5) is 4.40. The van der Waals surface area contributed by atoms with Gasteiger partial charge in [-0.2, -0.15) is 5.10 Å². The number of hydrogen-bond acceptors (Lipinski definition) is 4. The van der Waals surface area contributed by atoms with Crippen LogP contribution in [0.5, 0.6) is 0 Å². The molecule has 0 aromatic carbocycles. The van der Waals surface area contributed by atoms with E-state index in [1.54, 1.807) is 0 Å². The zero-order valence-corrected chi connectivity index (χ0v) is 9.92. The van der Waals surface area contributed by atoms with Gasteiger partial charge in [-0.15, -0.1) is 0 Å². The molecule has 0 bridgehead atoms. The van der Waals surface area contributed by atoms with Crippen molar-refractivity contribution in [2.24, 2.45) is 12.0 Å². The summed E-state index contributed by atoms with van der Waals surface area (Å²) >= 11 is 1.82. The van der Waals surface area contributed by atoms with Crippen molar-refractivity contribution in [3.8, 4) is 0 Å². The third-order valence-corrected chi connectivity index (χ3v) is 3.28. The average Bonchev–Trinajstić information content (AvgIpc) is 2.76. The summed E-state index contributed by atoms with van der Waals surface area (Å²) in [7, 11) is 1.94. The maximum atomic E-state index is 4.40. The highest BCUT2D eigenvalue weighted by Crippen LogP contribution is 2.18. The lowest BCUT2D eigenvalue weighted by Gasteiger charge is -2.04. The normalized spacial score (nSPS) is 20.4. The Bertz CT molecular complexity index is 358. The van der Waals surface area contributed by atoms with Crippen LogP contribution in [0.4, 0.5) is 0 Å². The molecule has 1 aromatic heterocycles. The van der Waals surface area contributed by atoms with Gasteiger partial charge >= 0.3 is 0 Å². The molecular weight excluding hydrogens is 208 g/mol. The van der Waals surface area contributed by atoms with E-state index in [9.17, 15) is 0 Å². The molecule has 1 aliphatic heterocycles. The van der Waals surface area contributed by atoms with E-state index < -0.39 is 0 Å². The molecule has 0 fully saturated rings. The number of nitrogens with zero attached hydrogens (tertiary/aromatic N) is 3. The molecule has 15 heavy (non-hydrogen) atoms. The number of nitrogens with one attached hydrogen (secondary N) is 1. The van der Waals surface area contributed by atoms with Crippen molar-refractivity contribution in [1.82, 2.24) is 15.1 Å². The summed E-state index contributed by atoms with van der Waals surface area (Å²) in [6.07, 6.45) is 2.92. The Morgan fingerprint density at radius 2 is 2.53 bits per heavy atom. The molecule has 1 unspecified atom stereocenters. The molecule has 82 valence electrons. The van der Waals surface area contributed by atoms with E-state index in [4.69, 9.17) is 0 Å². The molecule has 0 radical (unpaired) electrons. The first-order chi connectivity index (χ1) is 7.24. The fraction of sp³-hybridized carbons (Fsp3) is 0.600. The van der Waals surface area contributed by atoms with Crippen LogP contribution in [-0.4, -0.2) is 33.3 Å².